The van der Waals surface area contributed by atoms with Crippen LogP contribution in [-0.2, 0) is 4.74 Å². The maximum atomic E-state index is 11.7. The quantitative estimate of drug-likeness (QED) is 0.667. The molecule has 0 aromatic carbocycles. The Balaban J connectivity index is 2.03. The minimum absolute atomic E-state index is 0.236. The second-order valence-corrected chi connectivity index (χ2v) is 5.29. The monoisotopic (exact) mass is 311 g/mol. The number of piperazine rings is 1. The van der Waals surface area contributed by atoms with Crippen molar-refractivity contribution >= 4 is 29.5 Å². The highest BCUT2D eigenvalue weighted by Crippen LogP contribution is 2.21. The molecule has 0 atom stereocenters. The molecule has 8 heteroatoms. The minimum Gasteiger partial charge on any atom is -0.450 e. The molecule has 116 valence electrons. The first-order chi connectivity index (χ1) is 10.2. The maximum Gasteiger partial charge on any atom is 0.409 e. The molecule has 1 amide bonds. The molecule has 0 radical (unpaired) electrons. The SMILES string of the molecule is CCOC(=O)N1CCN(c2cc(NC)nc(SC)n2)CC1. The number of aromatic nitrogens is 2. The van der Waals surface area contributed by atoms with Crippen LogP contribution in [-0.4, -0.2) is 67.1 Å². The van der Waals surface area contributed by atoms with Crippen molar-refractivity contribution in [2.45, 2.75) is 12.1 Å². The molecule has 1 N–H and O–H groups in total. The van der Waals surface area contributed by atoms with Crippen molar-refractivity contribution in [3.05, 3.63) is 6.07 Å². The fourth-order valence-corrected chi connectivity index (χ4v) is 2.50. The number of nitrogens with zero attached hydrogens (tertiary/aromatic N) is 4. The molecule has 0 bridgehead atoms. The summed E-state index contributed by atoms with van der Waals surface area (Å²) in [6.45, 7) is 5.00. The van der Waals surface area contributed by atoms with E-state index < -0.39 is 0 Å². The molecule has 0 saturated carbocycles. The topological polar surface area (TPSA) is 70.6 Å². The number of amides is 1. The van der Waals surface area contributed by atoms with E-state index in [1.165, 1.54) is 11.8 Å². The number of rotatable bonds is 4. The van der Waals surface area contributed by atoms with Crippen LogP contribution in [0.2, 0.25) is 0 Å². The lowest BCUT2D eigenvalue weighted by Crippen LogP contribution is -2.49. The zero-order chi connectivity index (χ0) is 15.2. The van der Waals surface area contributed by atoms with Gasteiger partial charge in [0.05, 0.1) is 6.61 Å². The molecule has 1 aliphatic heterocycles. The highest BCUT2D eigenvalue weighted by Gasteiger charge is 2.23. The fourth-order valence-electron chi connectivity index (χ4n) is 2.13. The molecular formula is C13H21N5O2S. The van der Waals surface area contributed by atoms with Crippen molar-refractivity contribution in [1.29, 1.82) is 0 Å². The fraction of sp³-hybridized carbons (Fsp3) is 0.615. The first-order valence-corrected chi connectivity index (χ1v) is 8.18. The van der Waals surface area contributed by atoms with Crippen molar-refractivity contribution in [3.63, 3.8) is 0 Å². The Morgan fingerprint density at radius 1 is 1.38 bits per heavy atom. The van der Waals surface area contributed by atoms with Crippen LogP contribution in [0.3, 0.4) is 0 Å². The van der Waals surface area contributed by atoms with Gasteiger partial charge in [-0.3, -0.25) is 0 Å². The van der Waals surface area contributed by atoms with Gasteiger partial charge in [-0.05, 0) is 13.2 Å². The number of hydrogen-bond acceptors (Lipinski definition) is 7. The van der Waals surface area contributed by atoms with Crippen LogP contribution in [0.4, 0.5) is 16.4 Å². The lowest BCUT2D eigenvalue weighted by molar-refractivity contribution is 0.105. The lowest BCUT2D eigenvalue weighted by atomic mass is 10.3. The largest absolute Gasteiger partial charge is 0.450 e. The van der Waals surface area contributed by atoms with Gasteiger partial charge in [-0.15, -0.1) is 0 Å². The molecule has 1 aliphatic rings. The summed E-state index contributed by atoms with van der Waals surface area (Å²) in [6.07, 6.45) is 1.72. The molecule has 1 aromatic rings. The van der Waals surface area contributed by atoms with E-state index in [2.05, 4.69) is 20.2 Å². The number of nitrogens with one attached hydrogen (secondary N) is 1. The second kappa shape index (κ2) is 7.35. The van der Waals surface area contributed by atoms with Crippen molar-refractivity contribution < 1.29 is 9.53 Å². The Bertz CT molecular complexity index is 469. The van der Waals surface area contributed by atoms with E-state index in [-0.39, 0.29) is 6.09 Å². The van der Waals surface area contributed by atoms with Gasteiger partial charge < -0.3 is 19.9 Å². The predicted octanol–water partition coefficient (Wildman–Crippen LogP) is 1.52. The number of ether oxygens (including phenoxy) is 1. The first kappa shape index (κ1) is 15.7. The molecule has 1 fully saturated rings. The normalized spacial score (nSPS) is 15.0. The van der Waals surface area contributed by atoms with Crippen LogP contribution < -0.4 is 10.2 Å². The maximum absolute atomic E-state index is 11.7. The third-order valence-electron chi connectivity index (χ3n) is 3.26. The van der Waals surface area contributed by atoms with Gasteiger partial charge in [0, 0.05) is 39.3 Å². The van der Waals surface area contributed by atoms with Crippen LogP contribution in [0.25, 0.3) is 0 Å². The molecule has 7 nitrogen and oxygen atoms in total. The van der Waals surface area contributed by atoms with Crippen LogP contribution >= 0.6 is 11.8 Å². The van der Waals surface area contributed by atoms with E-state index in [0.717, 1.165) is 29.9 Å². The van der Waals surface area contributed by atoms with Crippen LogP contribution in [0.15, 0.2) is 11.2 Å². The summed E-state index contributed by atoms with van der Waals surface area (Å²) in [5, 5.41) is 3.79. The Hall–Kier alpha value is -1.70. The predicted molar refractivity (Wildman–Crippen MR) is 84.2 cm³/mol. The minimum atomic E-state index is -0.236. The molecule has 2 rings (SSSR count). The van der Waals surface area contributed by atoms with Gasteiger partial charge in [-0.1, -0.05) is 11.8 Å². The Morgan fingerprint density at radius 3 is 2.67 bits per heavy atom. The number of carbonyl (C=O) groups excluding carboxylic acids is 1. The summed E-state index contributed by atoms with van der Waals surface area (Å²) >= 11 is 1.52. The van der Waals surface area contributed by atoms with Gasteiger partial charge in [0.1, 0.15) is 11.6 Å². The molecule has 0 unspecified atom stereocenters. The highest BCUT2D eigenvalue weighted by molar-refractivity contribution is 7.98. The van der Waals surface area contributed by atoms with E-state index in [0.29, 0.717) is 19.7 Å². The summed E-state index contributed by atoms with van der Waals surface area (Å²) in [6, 6.07) is 1.93. The van der Waals surface area contributed by atoms with Gasteiger partial charge in [0.25, 0.3) is 0 Å². The van der Waals surface area contributed by atoms with Crippen molar-refractivity contribution in [3.8, 4) is 0 Å². The van der Waals surface area contributed by atoms with Gasteiger partial charge in [0.2, 0.25) is 0 Å². The Kier molecular flexibility index (Phi) is 5.49. The summed E-state index contributed by atoms with van der Waals surface area (Å²) in [4.78, 5) is 24.5. The van der Waals surface area contributed by atoms with Crippen LogP contribution in [0, 0.1) is 0 Å². The van der Waals surface area contributed by atoms with Crippen LogP contribution in [0.1, 0.15) is 6.92 Å². The number of hydrogen-bond donors (Lipinski definition) is 1. The zero-order valence-electron chi connectivity index (χ0n) is 12.6. The van der Waals surface area contributed by atoms with E-state index in [1.54, 1.807) is 4.90 Å². The molecule has 0 aliphatic carbocycles. The van der Waals surface area contributed by atoms with E-state index in [4.69, 9.17) is 4.74 Å². The number of carbonyl (C=O) groups is 1. The Morgan fingerprint density at radius 2 is 2.10 bits per heavy atom. The molecule has 1 aromatic heterocycles. The van der Waals surface area contributed by atoms with Crippen molar-refractivity contribution in [1.82, 2.24) is 14.9 Å². The summed E-state index contributed by atoms with van der Waals surface area (Å²) in [5.41, 5.74) is 0. The molecule has 2 heterocycles. The zero-order valence-corrected chi connectivity index (χ0v) is 13.4. The summed E-state index contributed by atoms with van der Waals surface area (Å²) in [5.74, 6) is 1.69. The molecule has 1 saturated heterocycles. The average Bonchev–Trinajstić information content (AvgIpc) is 2.54. The first-order valence-electron chi connectivity index (χ1n) is 6.95. The van der Waals surface area contributed by atoms with Gasteiger partial charge in [-0.25, -0.2) is 14.8 Å². The number of anilines is 2. The lowest BCUT2D eigenvalue weighted by Gasteiger charge is -2.34. The summed E-state index contributed by atoms with van der Waals surface area (Å²) < 4.78 is 5.02. The van der Waals surface area contributed by atoms with Gasteiger partial charge in [-0.2, -0.15) is 0 Å². The van der Waals surface area contributed by atoms with E-state index in [1.807, 2.05) is 26.3 Å². The molecule has 21 heavy (non-hydrogen) atoms. The third-order valence-corrected chi connectivity index (χ3v) is 3.81. The van der Waals surface area contributed by atoms with E-state index in [9.17, 15) is 4.79 Å². The Labute approximate surface area is 129 Å². The second-order valence-electron chi connectivity index (χ2n) is 4.52. The van der Waals surface area contributed by atoms with Gasteiger partial charge >= 0.3 is 6.09 Å². The third kappa shape index (κ3) is 3.90. The van der Waals surface area contributed by atoms with E-state index >= 15 is 0 Å². The average molecular weight is 311 g/mol. The van der Waals surface area contributed by atoms with Crippen molar-refractivity contribution in [2.75, 3.05) is 56.3 Å². The van der Waals surface area contributed by atoms with Crippen molar-refractivity contribution in [2.24, 2.45) is 0 Å². The highest BCUT2D eigenvalue weighted by atomic mass is 32.2. The van der Waals surface area contributed by atoms with Crippen LogP contribution in [0.5, 0.6) is 0 Å². The standard InChI is InChI=1S/C13H21N5O2S/c1-4-20-13(19)18-7-5-17(6-8-18)11-9-10(14-2)15-12(16-11)21-3/h9H,4-8H2,1-3H3,(H,14,15,16). The van der Waals surface area contributed by atoms with Gasteiger partial charge in [0.15, 0.2) is 5.16 Å². The smallest absolute Gasteiger partial charge is 0.409 e. The molecular weight excluding hydrogens is 290 g/mol. The summed E-state index contributed by atoms with van der Waals surface area (Å²) in [7, 11) is 1.84. The number of thioether (sulfide) groups is 1. The molecule has 0 spiro atoms.